The lowest BCUT2D eigenvalue weighted by Gasteiger charge is -2.22. The Morgan fingerprint density at radius 2 is 2.26 bits per heavy atom. The fourth-order valence-corrected chi connectivity index (χ4v) is 2.06. The Kier molecular flexibility index (Phi) is 4.66. The van der Waals surface area contributed by atoms with E-state index >= 15 is 0 Å². The molecule has 0 heterocycles. The van der Waals surface area contributed by atoms with Crippen LogP contribution >= 0.6 is 0 Å². The van der Waals surface area contributed by atoms with E-state index in [2.05, 4.69) is 6.92 Å². The lowest BCUT2D eigenvalue weighted by Crippen LogP contribution is -2.37. The van der Waals surface area contributed by atoms with Crippen LogP contribution < -0.4 is 10.5 Å². The summed E-state index contributed by atoms with van der Waals surface area (Å²) < 4.78 is 5.52. The zero-order chi connectivity index (χ0) is 13.7. The van der Waals surface area contributed by atoms with E-state index in [9.17, 15) is 4.79 Å². The molecule has 2 N–H and O–H groups in total. The molecule has 4 nitrogen and oxygen atoms in total. The SMILES string of the molecule is CCCCN(C(=O)COc1cccc(N)c1)C1CC1. The van der Waals surface area contributed by atoms with Gasteiger partial charge in [-0.1, -0.05) is 19.4 Å². The lowest BCUT2D eigenvalue weighted by molar-refractivity contribution is -0.134. The topological polar surface area (TPSA) is 55.6 Å². The van der Waals surface area contributed by atoms with Gasteiger partial charge < -0.3 is 15.4 Å². The zero-order valence-corrected chi connectivity index (χ0v) is 11.5. The summed E-state index contributed by atoms with van der Waals surface area (Å²) >= 11 is 0. The van der Waals surface area contributed by atoms with Crippen LogP contribution in [0.1, 0.15) is 32.6 Å². The van der Waals surface area contributed by atoms with Crippen LogP contribution in [-0.4, -0.2) is 30.0 Å². The second-order valence-corrected chi connectivity index (χ2v) is 5.03. The molecular formula is C15H22N2O2. The van der Waals surface area contributed by atoms with Crippen LogP contribution in [0.2, 0.25) is 0 Å². The molecule has 1 saturated carbocycles. The minimum atomic E-state index is 0.0818. The number of nitrogen functional groups attached to an aromatic ring is 1. The predicted molar refractivity (Wildman–Crippen MR) is 76.0 cm³/mol. The molecular weight excluding hydrogens is 240 g/mol. The molecule has 1 aliphatic carbocycles. The van der Waals surface area contributed by atoms with Crippen LogP contribution in [0.25, 0.3) is 0 Å². The van der Waals surface area contributed by atoms with Gasteiger partial charge in [0.2, 0.25) is 0 Å². The molecule has 0 aliphatic heterocycles. The Labute approximate surface area is 114 Å². The standard InChI is InChI=1S/C15H22N2O2/c1-2-3-9-17(13-7-8-13)15(18)11-19-14-6-4-5-12(16)10-14/h4-6,10,13H,2-3,7-9,11,16H2,1H3. The molecule has 104 valence electrons. The molecule has 1 aliphatic rings. The highest BCUT2D eigenvalue weighted by Gasteiger charge is 2.32. The van der Waals surface area contributed by atoms with E-state index in [0.717, 1.165) is 32.2 Å². The Bertz CT molecular complexity index is 430. The van der Waals surface area contributed by atoms with Crippen molar-refractivity contribution in [2.24, 2.45) is 0 Å². The molecule has 4 heteroatoms. The first-order valence-electron chi connectivity index (χ1n) is 6.98. The van der Waals surface area contributed by atoms with E-state index in [-0.39, 0.29) is 12.5 Å². The molecule has 1 fully saturated rings. The van der Waals surface area contributed by atoms with Crippen molar-refractivity contribution in [2.75, 3.05) is 18.9 Å². The molecule has 0 radical (unpaired) electrons. The molecule has 1 amide bonds. The van der Waals surface area contributed by atoms with Gasteiger partial charge >= 0.3 is 0 Å². The molecule has 0 aromatic heterocycles. The summed E-state index contributed by atoms with van der Waals surface area (Å²) in [5.74, 6) is 0.734. The number of carbonyl (C=O) groups is 1. The van der Waals surface area contributed by atoms with Gasteiger partial charge in [0.1, 0.15) is 5.75 Å². The van der Waals surface area contributed by atoms with Crippen LogP contribution in [-0.2, 0) is 4.79 Å². The van der Waals surface area contributed by atoms with Gasteiger partial charge in [-0.25, -0.2) is 0 Å². The number of nitrogens with zero attached hydrogens (tertiary/aromatic N) is 1. The Balaban J connectivity index is 1.85. The Hall–Kier alpha value is -1.71. The average molecular weight is 262 g/mol. The third kappa shape index (κ3) is 4.16. The third-order valence-electron chi connectivity index (χ3n) is 3.28. The number of hydrogen-bond acceptors (Lipinski definition) is 3. The monoisotopic (exact) mass is 262 g/mol. The number of benzene rings is 1. The maximum Gasteiger partial charge on any atom is 0.260 e. The molecule has 0 saturated heterocycles. The van der Waals surface area contributed by atoms with Crippen LogP contribution in [0.15, 0.2) is 24.3 Å². The van der Waals surface area contributed by atoms with Gasteiger partial charge in [-0.2, -0.15) is 0 Å². The van der Waals surface area contributed by atoms with Crippen LogP contribution in [0.5, 0.6) is 5.75 Å². The molecule has 0 bridgehead atoms. The highest BCUT2D eigenvalue weighted by molar-refractivity contribution is 5.78. The molecule has 1 aromatic carbocycles. The fraction of sp³-hybridized carbons (Fsp3) is 0.533. The van der Waals surface area contributed by atoms with Crippen molar-refractivity contribution >= 4 is 11.6 Å². The summed E-state index contributed by atoms with van der Waals surface area (Å²) in [5, 5.41) is 0. The van der Waals surface area contributed by atoms with Gasteiger partial charge in [-0.05, 0) is 31.4 Å². The summed E-state index contributed by atoms with van der Waals surface area (Å²) in [4.78, 5) is 14.1. The van der Waals surface area contributed by atoms with Crippen molar-refractivity contribution < 1.29 is 9.53 Å². The third-order valence-corrected chi connectivity index (χ3v) is 3.28. The Morgan fingerprint density at radius 1 is 1.47 bits per heavy atom. The number of hydrogen-bond donors (Lipinski definition) is 1. The zero-order valence-electron chi connectivity index (χ0n) is 11.5. The van der Waals surface area contributed by atoms with Gasteiger partial charge in [-0.15, -0.1) is 0 Å². The van der Waals surface area contributed by atoms with Crippen molar-refractivity contribution in [3.05, 3.63) is 24.3 Å². The van der Waals surface area contributed by atoms with Gasteiger partial charge in [0.05, 0.1) is 0 Å². The largest absolute Gasteiger partial charge is 0.484 e. The van der Waals surface area contributed by atoms with Crippen molar-refractivity contribution in [1.82, 2.24) is 4.90 Å². The summed E-state index contributed by atoms with van der Waals surface area (Å²) in [6, 6.07) is 7.62. The van der Waals surface area contributed by atoms with Crippen LogP contribution in [0, 0.1) is 0 Å². The van der Waals surface area contributed by atoms with Gasteiger partial charge in [0.25, 0.3) is 5.91 Å². The maximum atomic E-state index is 12.2. The number of rotatable bonds is 7. The van der Waals surface area contributed by atoms with Crippen molar-refractivity contribution in [3.8, 4) is 5.75 Å². The second kappa shape index (κ2) is 6.45. The fourth-order valence-electron chi connectivity index (χ4n) is 2.06. The normalized spacial score (nSPS) is 14.2. The number of nitrogens with two attached hydrogens (primary N) is 1. The first-order chi connectivity index (χ1) is 9.20. The van der Waals surface area contributed by atoms with Crippen LogP contribution in [0.3, 0.4) is 0 Å². The quantitative estimate of drug-likeness (QED) is 0.768. The average Bonchev–Trinajstić information content (AvgIpc) is 3.21. The van der Waals surface area contributed by atoms with Crippen molar-refractivity contribution in [1.29, 1.82) is 0 Å². The smallest absolute Gasteiger partial charge is 0.260 e. The summed E-state index contributed by atoms with van der Waals surface area (Å²) in [6.07, 6.45) is 4.43. The number of amides is 1. The highest BCUT2D eigenvalue weighted by Crippen LogP contribution is 2.27. The molecule has 0 atom stereocenters. The van der Waals surface area contributed by atoms with Crippen molar-refractivity contribution in [2.45, 2.75) is 38.6 Å². The summed E-state index contributed by atoms with van der Waals surface area (Å²) in [7, 11) is 0. The number of unbranched alkanes of at least 4 members (excludes halogenated alkanes) is 1. The Morgan fingerprint density at radius 3 is 2.89 bits per heavy atom. The molecule has 1 aromatic rings. The molecule has 2 rings (SSSR count). The van der Waals surface area contributed by atoms with E-state index in [1.54, 1.807) is 12.1 Å². The predicted octanol–water partition coefficient (Wildman–Crippen LogP) is 2.44. The highest BCUT2D eigenvalue weighted by atomic mass is 16.5. The van der Waals surface area contributed by atoms with Crippen LogP contribution in [0.4, 0.5) is 5.69 Å². The van der Waals surface area contributed by atoms with Gasteiger partial charge in [0, 0.05) is 24.3 Å². The van der Waals surface area contributed by atoms with E-state index in [0.29, 0.717) is 17.5 Å². The molecule has 0 spiro atoms. The van der Waals surface area contributed by atoms with E-state index in [1.165, 1.54) is 0 Å². The first-order valence-corrected chi connectivity index (χ1v) is 6.98. The van der Waals surface area contributed by atoms with Crippen molar-refractivity contribution in [3.63, 3.8) is 0 Å². The first kappa shape index (κ1) is 13.7. The maximum absolute atomic E-state index is 12.2. The number of carbonyl (C=O) groups excluding carboxylic acids is 1. The van der Waals surface area contributed by atoms with Gasteiger partial charge in [-0.3, -0.25) is 4.79 Å². The number of ether oxygens (including phenoxy) is 1. The summed E-state index contributed by atoms with van der Waals surface area (Å²) in [5.41, 5.74) is 6.32. The molecule has 0 unspecified atom stereocenters. The minimum absolute atomic E-state index is 0.0818. The van der Waals surface area contributed by atoms with E-state index < -0.39 is 0 Å². The number of anilines is 1. The van der Waals surface area contributed by atoms with Gasteiger partial charge in [0.15, 0.2) is 6.61 Å². The lowest BCUT2D eigenvalue weighted by atomic mass is 10.3. The van der Waals surface area contributed by atoms with E-state index in [1.807, 2.05) is 17.0 Å². The second-order valence-electron chi connectivity index (χ2n) is 5.03. The molecule has 19 heavy (non-hydrogen) atoms. The summed E-state index contributed by atoms with van der Waals surface area (Å²) in [6.45, 7) is 3.09. The van der Waals surface area contributed by atoms with E-state index in [4.69, 9.17) is 10.5 Å². The minimum Gasteiger partial charge on any atom is -0.484 e.